The molecule has 2 rings (SSSR count). The summed E-state index contributed by atoms with van der Waals surface area (Å²) in [5, 5.41) is 10.3. The van der Waals surface area contributed by atoms with Gasteiger partial charge in [0.25, 0.3) is 0 Å². The average molecular weight is 238 g/mol. The Morgan fingerprint density at radius 3 is 2.71 bits per heavy atom. The monoisotopic (exact) mass is 238 g/mol. The Labute approximate surface area is 99.2 Å². The van der Waals surface area contributed by atoms with E-state index >= 15 is 0 Å². The van der Waals surface area contributed by atoms with E-state index in [2.05, 4.69) is 4.74 Å². The summed E-state index contributed by atoms with van der Waals surface area (Å²) >= 11 is 0. The summed E-state index contributed by atoms with van der Waals surface area (Å²) < 4.78 is 17.7. The highest BCUT2D eigenvalue weighted by Crippen LogP contribution is 2.46. The van der Waals surface area contributed by atoms with Crippen molar-refractivity contribution in [2.75, 3.05) is 7.11 Å². The smallest absolute Gasteiger partial charge is 0.308 e. The van der Waals surface area contributed by atoms with Gasteiger partial charge in [-0.1, -0.05) is 12.1 Å². The summed E-state index contributed by atoms with van der Waals surface area (Å²) in [5.41, 5.74) is 0.145. The molecule has 1 aromatic rings. The molecule has 17 heavy (non-hydrogen) atoms. The highest BCUT2D eigenvalue weighted by atomic mass is 19.1. The van der Waals surface area contributed by atoms with Crippen molar-refractivity contribution in [3.8, 4) is 0 Å². The SMILES string of the molecule is COC(=O)C1CC(O)(c2ccc(F)c(C)c2)C1. The van der Waals surface area contributed by atoms with Gasteiger partial charge in [-0.05, 0) is 37.0 Å². The number of rotatable bonds is 2. The van der Waals surface area contributed by atoms with Crippen LogP contribution < -0.4 is 0 Å². The van der Waals surface area contributed by atoms with E-state index in [0.29, 0.717) is 24.0 Å². The van der Waals surface area contributed by atoms with Gasteiger partial charge in [0.2, 0.25) is 0 Å². The highest BCUT2D eigenvalue weighted by molar-refractivity contribution is 5.74. The minimum Gasteiger partial charge on any atom is -0.469 e. The molecule has 0 heterocycles. The zero-order chi connectivity index (χ0) is 12.6. The van der Waals surface area contributed by atoms with Gasteiger partial charge in [0.05, 0.1) is 18.6 Å². The summed E-state index contributed by atoms with van der Waals surface area (Å²) in [7, 11) is 1.34. The Morgan fingerprint density at radius 1 is 1.53 bits per heavy atom. The molecule has 1 saturated carbocycles. The van der Waals surface area contributed by atoms with Crippen molar-refractivity contribution in [1.29, 1.82) is 0 Å². The van der Waals surface area contributed by atoms with E-state index in [1.165, 1.54) is 13.2 Å². The quantitative estimate of drug-likeness (QED) is 0.800. The van der Waals surface area contributed by atoms with Gasteiger partial charge in [-0.25, -0.2) is 4.39 Å². The third kappa shape index (κ3) is 2.05. The lowest BCUT2D eigenvalue weighted by atomic mass is 9.67. The predicted molar refractivity (Wildman–Crippen MR) is 59.8 cm³/mol. The molecule has 0 aliphatic heterocycles. The molecule has 0 amide bonds. The summed E-state index contributed by atoms with van der Waals surface area (Å²) in [6, 6.07) is 4.53. The van der Waals surface area contributed by atoms with Crippen LogP contribution in [0.1, 0.15) is 24.0 Å². The number of aliphatic hydroxyl groups is 1. The van der Waals surface area contributed by atoms with Crippen LogP contribution in [0.15, 0.2) is 18.2 Å². The fourth-order valence-corrected chi connectivity index (χ4v) is 2.26. The largest absolute Gasteiger partial charge is 0.469 e. The van der Waals surface area contributed by atoms with Gasteiger partial charge >= 0.3 is 5.97 Å². The van der Waals surface area contributed by atoms with Gasteiger partial charge in [0.1, 0.15) is 5.82 Å². The van der Waals surface area contributed by atoms with Crippen molar-refractivity contribution in [2.24, 2.45) is 5.92 Å². The molecule has 1 fully saturated rings. The van der Waals surface area contributed by atoms with E-state index in [0.717, 1.165) is 0 Å². The van der Waals surface area contributed by atoms with Crippen LogP contribution in [0.2, 0.25) is 0 Å². The van der Waals surface area contributed by atoms with Crippen LogP contribution in [-0.4, -0.2) is 18.2 Å². The maximum atomic E-state index is 13.1. The standard InChI is InChI=1S/C13H15FO3/c1-8-5-10(3-4-11(8)14)13(16)6-9(7-13)12(15)17-2/h3-5,9,16H,6-7H2,1-2H3. The number of methoxy groups -OCH3 is 1. The molecule has 0 atom stereocenters. The van der Waals surface area contributed by atoms with Crippen molar-refractivity contribution >= 4 is 5.97 Å². The number of ether oxygens (including phenoxy) is 1. The second kappa shape index (κ2) is 4.11. The maximum absolute atomic E-state index is 13.1. The minimum atomic E-state index is -1.02. The highest BCUT2D eigenvalue weighted by Gasteiger charge is 2.47. The molecule has 0 spiro atoms. The number of hydrogen-bond donors (Lipinski definition) is 1. The number of carbonyl (C=O) groups excluding carboxylic acids is 1. The van der Waals surface area contributed by atoms with Crippen LogP contribution in [-0.2, 0) is 15.1 Å². The van der Waals surface area contributed by atoms with Crippen LogP contribution in [0.4, 0.5) is 4.39 Å². The first kappa shape index (κ1) is 12.0. The number of halogens is 1. The first-order valence-electron chi connectivity index (χ1n) is 5.53. The molecule has 1 N–H and O–H groups in total. The van der Waals surface area contributed by atoms with Gasteiger partial charge in [-0.2, -0.15) is 0 Å². The van der Waals surface area contributed by atoms with Gasteiger partial charge in [0, 0.05) is 0 Å². The lowest BCUT2D eigenvalue weighted by Gasteiger charge is -2.42. The van der Waals surface area contributed by atoms with Gasteiger partial charge in [-0.15, -0.1) is 0 Å². The Kier molecular flexibility index (Phi) is 2.91. The van der Waals surface area contributed by atoms with Gasteiger partial charge < -0.3 is 9.84 Å². The molecule has 0 radical (unpaired) electrons. The zero-order valence-electron chi connectivity index (χ0n) is 9.87. The predicted octanol–water partition coefficient (Wildman–Crippen LogP) is 1.90. The number of carbonyl (C=O) groups is 1. The molecule has 92 valence electrons. The lowest BCUT2D eigenvalue weighted by molar-refractivity contribution is -0.163. The van der Waals surface area contributed by atoms with E-state index in [-0.39, 0.29) is 17.7 Å². The Balaban J connectivity index is 2.14. The zero-order valence-corrected chi connectivity index (χ0v) is 9.87. The number of hydrogen-bond acceptors (Lipinski definition) is 3. The van der Waals surface area contributed by atoms with Crippen molar-refractivity contribution < 1.29 is 19.0 Å². The molecule has 3 nitrogen and oxygen atoms in total. The molecule has 1 aliphatic rings. The third-order valence-corrected chi connectivity index (χ3v) is 3.40. The lowest BCUT2D eigenvalue weighted by Crippen LogP contribution is -2.45. The van der Waals surface area contributed by atoms with Crippen LogP contribution in [0, 0.1) is 18.7 Å². The summed E-state index contributed by atoms with van der Waals surface area (Å²) in [6.07, 6.45) is 0.676. The van der Waals surface area contributed by atoms with Gasteiger partial charge in [0.15, 0.2) is 0 Å². The maximum Gasteiger partial charge on any atom is 0.308 e. The third-order valence-electron chi connectivity index (χ3n) is 3.40. The van der Waals surface area contributed by atoms with Crippen LogP contribution in [0.3, 0.4) is 0 Å². The molecule has 0 unspecified atom stereocenters. The van der Waals surface area contributed by atoms with Crippen molar-refractivity contribution in [1.82, 2.24) is 0 Å². The van der Waals surface area contributed by atoms with Crippen LogP contribution in [0.25, 0.3) is 0 Å². The van der Waals surface area contributed by atoms with E-state index in [1.807, 2.05) is 0 Å². The first-order valence-corrected chi connectivity index (χ1v) is 5.53. The fourth-order valence-electron chi connectivity index (χ4n) is 2.26. The van der Waals surface area contributed by atoms with Crippen molar-refractivity contribution in [2.45, 2.75) is 25.4 Å². The van der Waals surface area contributed by atoms with Crippen LogP contribution in [0.5, 0.6) is 0 Å². The second-order valence-corrected chi connectivity index (χ2v) is 4.62. The number of aryl methyl sites for hydroxylation is 1. The minimum absolute atomic E-state index is 0.254. The van der Waals surface area contributed by atoms with E-state index < -0.39 is 5.60 Å². The molecule has 0 aromatic heterocycles. The fraction of sp³-hybridized carbons (Fsp3) is 0.462. The molecule has 0 saturated heterocycles. The normalized spacial score (nSPS) is 27.4. The summed E-state index contributed by atoms with van der Waals surface area (Å²) in [5.74, 6) is -0.843. The number of esters is 1. The van der Waals surface area contributed by atoms with Crippen molar-refractivity contribution in [3.05, 3.63) is 35.1 Å². The molecule has 0 bridgehead atoms. The first-order chi connectivity index (χ1) is 7.96. The van der Waals surface area contributed by atoms with E-state index in [9.17, 15) is 14.3 Å². The number of benzene rings is 1. The Hall–Kier alpha value is -1.42. The average Bonchev–Trinajstić information content (AvgIpc) is 2.27. The Morgan fingerprint density at radius 2 is 2.18 bits per heavy atom. The second-order valence-electron chi connectivity index (χ2n) is 4.62. The van der Waals surface area contributed by atoms with Crippen LogP contribution >= 0.6 is 0 Å². The van der Waals surface area contributed by atoms with E-state index in [1.54, 1.807) is 19.1 Å². The molecular formula is C13H15FO3. The van der Waals surface area contributed by atoms with E-state index in [4.69, 9.17) is 0 Å². The summed E-state index contributed by atoms with van der Waals surface area (Å²) in [6.45, 7) is 1.65. The summed E-state index contributed by atoms with van der Waals surface area (Å²) in [4.78, 5) is 11.2. The van der Waals surface area contributed by atoms with Crippen molar-refractivity contribution in [3.63, 3.8) is 0 Å². The topological polar surface area (TPSA) is 46.5 Å². The molecule has 1 aromatic carbocycles. The van der Waals surface area contributed by atoms with Gasteiger partial charge in [-0.3, -0.25) is 4.79 Å². The molecule has 1 aliphatic carbocycles. The Bertz CT molecular complexity index is 450. The molecule has 4 heteroatoms. The molecular weight excluding hydrogens is 223 g/mol.